The molecule has 0 aliphatic heterocycles. The smallest absolute Gasteiger partial charge is 0.336 e. The average Bonchev–Trinajstić information content (AvgIpc) is 2.36. The van der Waals surface area contributed by atoms with Gasteiger partial charge >= 0.3 is 5.97 Å². The summed E-state index contributed by atoms with van der Waals surface area (Å²) in [5, 5.41) is 19.0. The molecule has 0 radical (unpaired) electrons. The highest BCUT2D eigenvalue weighted by molar-refractivity contribution is 14.1. The summed E-state index contributed by atoms with van der Waals surface area (Å²) in [6, 6.07) is 3.88. The molecule has 8 heteroatoms. The molecule has 1 unspecified atom stereocenters. The van der Waals surface area contributed by atoms with Crippen molar-refractivity contribution >= 4 is 38.6 Å². The first kappa shape index (κ1) is 18.3. The third-order valence-corrected chi connectivity index (χ3v) is 5.25. The monoisotopic (exact) mass is 427 g/mol. The molecule has 0 aliphatic rings. The standard InChI is InChI=1S/C13H18INO5S/c1-3-6-13(2,18)8-15-21(19,20)9-4-5-11(14)10(7-9)12(16)17/h4-5,7,15,18H,3,6,8H2,1-2H3,(H,16,17). The molecule has 1 aromatic carbocycles. The summed E-state index contributed by atoms with van der Waals surface area (Å²) in [5.41, 5.74) is -1.21. The van der Waals surface area contributed by atoms with E-state index >= 15 is 0 Å². The van der Waals surface area contributed by atoms with Crippen molar-refractivity contribution in [3.8, 4) is 0 Å². The molecule has 0 saturated heterocycles. The maximum atomic E-state index is 12.2. The highest BCUT2D eigenvalue weighted by Crippen LogP contribution is 2.19. The molecule has 0 heterocycles. The fourth-order valence-corrected chi connectivity index (χ4v) is 3.55. The van der Waals surface area contributed by atoms with Crippen LogP contribution in [0.3, 0.4) is 0 Å². The Bertz CT molecular complexity index is 627. The summed E-state index contributed by atoms with van der Waals surface area (Å²) in [6.45, 7) is 3.31. The van der Waals surface area contributed by atoms with E-state index in [9.17, 15) is 18.3 Å². The quantitative estimate of drug-likeness (QED) is 0.576. The lowest BCUT2D eigenvalue weighted by molar-refractivity contribution is 0.0554. The molecule has 0 bridgehead atoms. The lowest BCUT2D eigenvalue weighted by atomic mass is 10.0. The minimum absolute atomic E-state index is 0.0706. The van der Waals surface area contributed by atoms with Crippen LogP contribution >= 0.6 is 22.6 Å². The van der Waals surface area contributed by atoms with E-state index in [-0.39, 0.29) is 17.0 Å². The number of aliphatic hydroxyl groups is 1. The number of benzene rings is 1. The number of carboxylic acid groups (broad SMARTS) is 1. The van der Waals surface area contributed by atoms with Gasteiger partial charge in [-0.15, -0.1) is 0 Å². The van der Waals surface area contributed by atoms with Gasteiger partial charge in [-0.05, 0) is 54.1 Å². The van der Waals surface area contributed by atoms with Crippen LogP contribution in [0, 0.1) is 3.57 Å². The second kappa shape index (κ2) is 7.03. The number of halogens is 1. The second-order valence-electron chi connectivity index (χ2n) is 5.02. The molecule has 0 aromatic heterocycles. The van der Waals surface area contributed by atoms with Gasteiger partial charge in [0.1, 0.15) is 0 Å². The van der Waals surface area contributed by atoms with Crippen molar-refractivity contribution in [3.05, 3.63) is 27.3 Å². The van der Waals surface area contributed by atoms with Gasteiger partial charge in [-0.3, -0.25) is 0 Å². The van der Waals surface area contributed by atoms with Crippen molar-refractivity contribution in [2.75, 3.05) is 6.54 Å². The molecule has 1 aromatic rings. The molecular formula is C13H18INO5S. The topological polar surface area (TPSA) is 104 Å². The second-order valence-corrected chi connectivity index (χ2v) is 7.95. The van der Waals surface area contributed by atoms with Crippen molar-refractivity contribution in [2.45, 2.75) is 37.2 Å². The zero-order valence-electron chi connectivity index (χ0n) is 11.8. The Balaban J connectivity index is 2.99. The molecule has 0 fully saturated rings. The van der Waals surface area contributed by atoms with Crippen molar-refractivity contribution in [3.63, 3.8) is 0 Å². The van der Waals surface area contributed by atoms with Gasteiger partial charge in [0.2, 0.25) is 10.0 Å². The molecule has 1 rings (SSSR count). The maximum absolute atomic E-state index is 12.2. The van der Waals surface area contributed by atoms with Gasteiger partial charge in [0, 0.05) is 10.1 Å². The van der Waals surface area contributed by atoms with Crippen LogP contribution in [-0.2, 0) is 10.0 Å². The average molecular weight is 427 g/mol. The highest BCUT2D eigenvalue weighted by atomic mass is 127. The zero-order chi connectivity index (χ0) is 16.3. The number of hydrogen-bond donors (Lipinski definition) is 3. The van der Waals surface area contributed by atoms with E-state index < -0.39 is 21.6 Å². The van der Waals surface area contributed by atoms with Crippen LogP contribution in [0.25, 0.3) is 0 Å². The summed E-state index contributed by atoms with van der Waals surface area (Å²) in [7, 11) is -3.86. The molecule has 0 saturated carbocycles. The van der Waals surface area contributed by atoms with Crippen LogP contribution in [0.5, 0.6) is 0 Å². The molecule has 1 atom stereocenters. The van der Waals surface area contributed by atoms with Crippen LogP contribution in [0.2, 0.25) is 0 Å². The predicted octanol–water partition coefficient (Wildman–Crippen LogP) is 1.82. The van der Waals surface area contributed by atoms with Crippen molar-refractivity contribution in [1.82, 2.24) is 4.72 Å². The highest BCUT2D eigenvalue weighted by Gasteiger charge is 2.24. The van der Waals surface area contributed by atoms with Crippen LogP contribution in [-0.4, -0.2) is 36.7 Å². The molecule has 3 N–H and O–H groups in total. The number of nitrogens with one attached hydrogen (secondary N) is 1. The SMILES string of the molecule is CCCC(C)(O)CNS(=O)(=O)c1ccc(I)c(C(=O)O)c1. The van der Waals surface area contributed by atoms with E-state index in [1.165, 1.54) is 12.1 Å². The van der Waals surface area contributed by atoms with E-state index in [1.807, 2.05) is 29.5 Å². The molecule has 0 aliphatic carbocycles. The number of hydrogen-bond acceptors (Lipinski definition) is 4. The van der Waals surface area contributed by atoms with Crippen LogP contribution in [0.1, 0.15) is 37.0 Å². The van der Waals surface area contributed by atoms with E-state index in [0.29, 0.717) is 9.99 Å². The Kier molecular flexibility index (Phi) is 6.14. The summed E-state index contributed by atoms with van der Waals surface area (Å²) in [4.78, 5) is 10.9. The summed E-state index contributed by atoms with van der Waals surface area (Å²) in [6.07, 6.45) is 1.18. The van der Waals surface area contributed by atoms with Gasteiger partial charge in [-0.25, -0.2) is 17.9 Å². The van der Waals surface area contributed by atoms with Gasteiger partial charge in [0.05, 0.1) is 16.1 Å². The summed E-state index contributed by atoms with van der Waals surface area (Å²) >= 11 is 1.83. The number of carbonyl (C=O) groups is 1. The Morgan fingerprint density at radius 3 is 2.57 bits per heavy atom. The first-order chi connectivity index (χ1) is 9.59. The van der Waals surface area contributed by atoms with Crippen LogP contribution < -0.4 is 4.72 Å². The number of aromatic carboxylic acids is 1. The third kappa shape index (κ3) is 5.20. The van der Waals surface area contributed by atoms with E-state index in [2.05, 4.69) is 4.72 Å². The zero-order valence-corrected chi connectivity index (χ0v) is 14.7. The number of sulfonamides is 1. The Labute approximate surface area is 137 Å². The minimum Gasteiger partial charge on any atom is -0.478 e. The summed E-state index contributed by atoms with van der Waals surface area (Å²) in [5.74, 6) is -1.19. The van der Waals surface area contributed by atoms with Crippen molar-refractivity contribution in [2.24, 2.45) is 0 Å². The number of rotatable bonds is 7. The van der Waals surface area contributed by atoms with Crippen LogP contribution in [0.15, 0.2) is 23.1 Å². The van der Waals surface area contributed by atoms with E-state index in [1.54, 1.807) is 6.92 Å². The van der Waals surface area contributed by atoms with Crippen molar-refractivity contribution in [1.29, 1.82) is 0 Å². The first-order valence-corrected chi connectivity index (χ1v) is 8.90. The lowest BCUT2D eigenvalue weighted by Gasteiger charge is -2.22. The molecular weight excluding hydrogens is 409 g/mol. The van der Waals surface area contributed by atoms with Gasteiger partial charge in [-0.2, -0.15) is 0 Å². The van der Waals surface area contributed by atoms with Gasteiger partial charge in [0.15, 0.2) is 0 Å². The largest absolute Gasteiger partial charge is 0.478 e. The Hall–Kier alpha value is -0.710. The van der Waals surface area contributed by atoms with E-state index in [4.69, 9.17) is 5.11 Å². The first-order valence-electron chi connectivity index (χ1n) is 6.34. The lowest BCUT2D eigenvalue weighted by Crippen LogP contribution is -2.40. The number of carboxylic acids is 1. The fraction of sp³-hybridized carbons (Fsp3) is 0.462. The van der Waals surface area contributed by atoms with Crippen molar-refractivity contribution < 1.29 is 23.4 Å². The molecule has 6 nitrogen and oxygen atoms in total. The molecule has 0 spiro atoms. The normalized spacial score (nSPS) is 14.7. The minimum atomic E-state index is -3.86. The van der Waals surface area contributed by atoms with Crippen LogP contribution in [0.4, 0.5) is 0 Å². The van der Waals surface area contributed by atoms with Gasteiger partial charge < -0.3 is 10.2 Å². The summed E-state index contributed by atoms with van der Waals surface area (Å²) < 4.78 is 27.1. The van der Waals surface area contributed by atoms with E-state index in [0.717, 1.165) is 12.5 Å². The Morgan fingerprint density at radius 1 is 1.43 bits per heavy atom. The van der Waals surface area contributed by atoms with Gasteiger partial charge in [0.25, 0.3) is 0 Å². The molecule has 21 heavy (non-hydrogen) atoms. The molecule has 0 amide bonds. The van der Waals surface area contributed by atoms with Gasteiger partial charge in [-0.1, -0.05) is 13.3 Å². The molecule has 118 valence electrons. The maximum Gasteiger partial charge on any atom is 0.336 e. The predicted molar refractivity (Wildman–Crippen MR) is 86.8 cm³/mol. The third-order valence-electron chi connectivity index (χ3n) is 2.91. The Morgan fingerprint density at radius 2 is 2.05 bits per heavy atom. The fourth-order valence-electron chi connectivity index (χ4n) is 1.80.